The lowest BCUT2D eigenvalue weighted by molar-refractivity contribution is 0.0605. The standard InChI is InChI=1S/C12H16O/c1-3-4-10-12(2,13)11-8-6-5-7-9-11/h3-9,13H,10H2,1-2H3. The van der Waals surface area contributed by atoms with Crippen LogP contribution in [0.3, 0.4) is 0 Å². The largest absolute Gasteiger partial charge is 0.385 e. The van der Waals surface area contributed by atoms with E-state index < -0.39 is 5.60 Å². The van der Waals surface area contributed by atoms with E-state index in [2.05, 4.69) is 0 Å². The molecule has 0 aliphatic carbocycles. The van der Waals surface area contributed by atoms with Crippen LogP contribution in [0.4, 0.5) is 0 Å². The number of benzene rings is 1. The van der Waals surface area contributed by atoms with Gasteiger partial charge in [0, 0.05) is 0 Å². The maximum absolute atomic E-state index is 10.1. The van der Waals surface area contributed by atoms with Gasteiger partial charge in [-0.3, -0.25) is 0 Å². The third-order valence-electron chi connectivity index (χ3n) is 2.15. The van der Waals surface area contributed by atoms with E-state index in [1.54, 1.807) is 0 Å². The molecule has 0 spiro atoms. The Kier molecular flexibility index (Phi) is 3.26. The fraction of sp³-hybridized carbons (Fsp3) is 0.333. The molecule has 0 heterocycles. The predicted octanol–water partition coefficient (Wildman–Crippen LogP) is 2.86. The number of hydrogen-bond donors (Lipinski definition) is 1. The van der Waals surface area contributed by atoms with Gasteiger partial charge in [-0.2, -0.15) is 0 Å². The smallest absolute Gasteiger partial charge is 0.0902 e. The second-order valence-corrected chi connectivity index (χ2v) is 3.41. The lowest BCUT2D eigenvalue weighted by Gasteiger charge is -2.21. The molecular weight excluding hydrogens is 160 g/mol. The molecule has 1 aromatic rings. The molecule has 1 nitrogen and oxygen atoms in total. The molecule has 70 valence electrons. The Labute approximate surface area is 79.7 Å². The van der Waals surface area contributed by atoms with Gasteiger partial charge in [0.05, 0.1) is 5.60 Å². The van der Waals surface area contributed by atoms with Gasteiger partial charge in [0.15, 0.2) is 0 Å². The third kappa shape index (κ3) is 2.71. The molecule has 0 aromatic heterocycles. The maximum atomic E-state index is 10.1. The van der Waals surface area contributed by atoms with Crippen LogP contribution >= 0.6 is 0 Å². The number of aliphatic hydroxyl groups is 1. The van der Waals surface area contributed by atoms with Crippen molar-refractivity contribution in [1.29, 1.82) is 0 Å². The van der Waals surface area contributed by atoms with E-state index in [0.717, 1.165) is 5.56 Å². The summed E-state index contributed by atoms with van der Waals surface area (Å²) in [4.78, 5) is 0. The lowest BCUT2D eigenvalue weighted by Crippen LogP contribution is -2.19. The fourth-order valence-electron chi connectivity index (χ4n) is 1.26. The Morgan fingerprint density at radius 2 is 1.92 bits per heavy atom. The molecule has 1 atom stereocenters. The van der Waals surface area contributed by atoms with Crippen molar-refractivity contribution in [2.24, 2.45) is 0 Å². The summed E-state index contributed by atoms with van der Waals surface area (Å²) < 4.78 is 0. The van der Waals surface area contributed by atoms with Crippen LogP contribution in [0, 0.1) is 0 Å². The van der Waals surface area contributed by atoms with E-state index in [1.807, 2.05) is 56.3 Å². The molecule has 0 radical (unpaired) electrons. The van der Waals surface area contributed by atoms with Crippen molar-refractivity contribution in [3.63, 3.8) is 0 Å². The second kappa shape index (κ2) is 4.24. The van der Waals surface area contributed by atoms with E-state index in [4.69, 9.17) is 0 Å². The van der Waals surface area contributed by atoms with Crippen molar-refractivity contribution in [2.75, 3.05) is 0 Å². The molecule has 13 heavy (non-hydrogen) atoms. The van der Waals surface area contributed by atoms with Crippen LogP contribution in [-0.2, 0) is 5.60 Å². The molecule has 0 saturated heterocycles. The summed E-state index contributed by atoms with van der Waals surface area (Å²) >= 11 is 0. The van der Waals surface area contributed by atoms with Gasteiger partial charge < -0.3 is 5.11 Å². The predicted molar refractivity (Wildman–Crippen MR) is 55.4 cm³/mol. The molecule has 0 fully saturated rings. The van der Waals surface area contributed by atoms with Crippen molar-refractivity contribution < 1.29 is 5.11 Å². The minimum atomic E-state index is -0.742. The first-order chi connectivity index (χ1) is 6.17. The zero-order valence-corrected chi connectivity index (χ0v) is 8.20. The van der Waals surface area contributed by atoms with Crippen LogP contribution in [-0.4, -0.2) is 5.11 Å². The summed E-state index contributed by atoms with van der Waals surface area (Å²) in [6.45, 7) is 3.80. The van der Waals surface area contributed by atoms with Gasteiger partial charge in [-0.05, 0) is 25.8 Å². The molecule has 1 aromatic carbocycles. The van der Waals surface area contributed by atoms with Gasteiger partial charge >= 0.3 is 0 Å². The number of rotatable bonds is 3. The molecule has 1 rings (SSSR count). The summed E-state index contributed by atoms with van der Waals surface area (Å²) in [5.74, 6) is 0. The Morgan fingerprint density at radius 3 is 2.46 bits per heavy atom. The topological polar surface area (TPSA) is 20.2 Å². The highest BCUT2D eigenvalue weighted by Crippen LogP contribution is 2.24. The molecule has 0 saturated carbocycles. The Balaban J connectivity index is 2.81. The highest BCUT2D eigenvalue weighted by Gasteiger charge is 2.20. The molecule has 1 unspecified atom stereocenters. The van der Waals surface area contributed by atoms with Gasteiger partial charge in [-0.25, -0.2) is 0 Å². The minimum absolute atomic E-state index is 0.660. The average Bonchev–Trinajstić information content (AvgIpc) is 2.16. The quantitative estimate of drug-likeness (QED) is 0.702. The van der Waals surface area contributed by atoms with Gasteiger partial charge in [0.25, 0.3) is 0 Å². The van der Waals surface area contributed by atoms with Crippen molar-refractivity contribution in [2.45, 2.75) is 25.9 Å². The monoisotopic (exact) mass is 176 g/mol. The summed E-state index contributed by atoms with van der Waals surface area (Å²) in [7, 11) is 0. The zero-order valence-electron chi connectivity index (χ0n) is 8.20. The molecular formula is C12H16O. The Morgan fingerprint density at radius 1 is 1.31 bits per heavy atom. The fourth-order valence-corrected chi connectivity index (χ4v) is 1.26. The summed E-state index contributed by atoms with van der Waals surface area (Å²) in [6, 6.07) is 9.74. The first-order valence-electron chi connectivity index (χ1n) is 4.56. The van der Waals surface area contributed by atoms with Crippen LogP contribution in [0.2, 0.25) is 0 Å². The van der Waals surface area contributed by atoms with Crippen LogP contribution in [0.1, 0.15) is 25.8 Å². The molecule has 0 bridgehead atoms. The van der Waals surface area contributed by atoms with E-state index in [1.165, 1.54) is 0 Å². The molecule has 1 N–H and O–H groups in total. The first kappa shape index (κ1) is 10.0. The van der Waals surface area contributed by atoms with Crippen LogP contribution in [0.5, 0.6) is 0 Å². The summed E-state index contributed by atoms with van der Waals surface area (Å²) in [5.41, 5.74) is 0.224. The SMILES string of the molecule is CC=CCC(C)(O)c1ccccc1. The third-order valence-corrected chi connectivity index (χ3v) is 2.15. The summed E-state index contributed by atoms with van der Waals surface area (Å²) in [6.07, 6.45) is 4.60. The minimum Gasteiger partial charge on any atom is -0.385 e. The summed E-state index contributed by atoms with van der Waals surface area (Å²) in [5, 5.41) is 10.1. The average molecular weight is 176 g/mol. The molecule has 0 aliphatic rings. The second-order valence-electron chi connectivity index (χ2n) is 3.41. The lowest BCUT2D eigenvalue weighted by atomic mass is 9.92. The van der Waals surface area contributed by atoms with Gasteiger partial charge in [0.2, 0.25) is 0 Å². The van der Waals surface area contributed by atoms with Crippen molar-refractivity contribution in [1.82, 2.24) is 0 Å². The van der Waals surface area contributed by atoms with E-state index in [0.29, 0.717) is 6.42 Å². The normalized spacial score (nSPS) is 15.9. The first-order valence-corrected chi connectivity index (χ1v) is 4.56. The van der Waals surface area contributed by atoms with Gasteiger partial charge in [-0.15, -0.1) is 0 Å². The zero-order chi connectivity index (χ0) is 9.73. The van der Waals surface area contributed by atoms with Crippen molar-refractivity contribution in [3.8, 4) is 0 Å². The van der Waals surface area contributed by atoms with Crippen molar-refractivity contribution in [3.05, 3.63) is 48.0 Å². The van der Waals surface area contributed by atoms with Crippen LogP contribution in [0.15, 0.2) is 42.5 Å². The number of allylic oxidation sites excluding steroid dienone is 1. The maximum Gasteiger partial charge on any atom is 0.0902 e. The Hall–Kier alpha value is -1.08. The van der Waals surface area contributed by atoms with E-state index >= 15 is 0 Å². The molecule has 0 amide bonds. The number of hydrogen-bond acceptors (Lipinski definition) is 1. The van der Waals surface area contributed by atoms with E-state index in [-0.39, 0.29) is 0 Å². The van der Waals surface area contributed by atoms with Crippen LogP contribution < -0.4 is 0 Å². The van der Waals surface area contributed by atoms with Crippen molar-refractivity contribution >= 4 is 0 Å². The molecule has 0 aliphatic heterocycles. The highest BCUT2D eigenvalue weighted by atomic mass is 16.3. The van der Waals surface area contributed by atoms with Crippen LogP contribution in [0.25, 0.3) is 0 Å². The van der Waals surface area contributed by atoms with Gasteiger partial charge in [-0.1, -0.05) is 42.5 Å². The Bertz CT molecular complexity index is 272. The van der Waals surface area contributed by atoms with E-state index in [9.17, 15) is 5.11 Å². The highest BCUT2D eigenvalue weighted by molar-refractivity contribution is 5.22. The molecule has 1 heteroatoms. The van der Waals surface area contributed by atoms with Gasteiger partial charge in [0.1, 0.15) is 0 Å².